The predicted molar refractivity (Wildman–Crippen MR) is 116 cm³/mol. The van der Waals surface area contributed by atoms with Crippen molar-refractivity contribution in [2.45, 2.75) is 24.6 Å². The van der Waals surface area contributed by atoms with Gasteiger partial charge in [0.05, 0.1) is 29.9 Å². The summed E-state index contributed by atoms with van der Waals surface area (Å²) in [4.78, 5) is 3.78. The SMILES string of the molecule is Cc1nc2ccc(OCCCOc3c(Cl)cc(OCCC(Cl)Cl)cc3Cl)cc2o1. The third-order valence-electron chi connectivity index (χ3n) is 3.85. The molecule has 0 aliphatic heterocycles. The van der Waals surface area contributed by atoms with Crippen molar-refractivity contribution in [2.75, 3.05) is 19.8 Å². The van der Waals surface area contributed by atoms with Gasteiger partial charge in [-0.25, -0.2) is 4.98 Å². The lowest BCUT2D eigenvalue weighted by molar-refractivity contribution is 0.247. The molecule has 3 aromatic rings. The number of fused-ring (bicyclic) bond motifs is 1. The van der Waals surface area contributed by atoms with Crippen molar-refractivity contribution in [2.24, 2.45) is 0 Å². The Balaban J connectivity index is 1.45. The van der Waals surface area contributed by atoms with Crippen molar-refractivity contribution >= 4 is 57.5 Å². The van der Waals surface area contributed by atoms with E-state index in [2.05, 4.69) is 4.98 Å². The first-order valence-corrected chi connectivity index (χ1v) is 10.6. The summed E-state index contributed by atoms with van der Waals surface area (Å²) in [5.41, 5.74) is 1.50. The predicted octanol–water partition coefficient (Wildman–Crippen LogP) is 6.86. The molecule has 0 saturated heterocycles. The van der Waals surface area contributed by atoms with E-state index in [9.17, 15) is 0 Å². The summed E-state index contributed by atoms with van der Waals surface area (Å²) >= 11 is 23.9. The number of aryl methyl sites for hydroxylation is 1. The van der Waals surface area contributed by atoms with Crippen molar-refractivity contribution in [3.63, 3.8) is 0 Å². The number of alkyl halides is 2. The largest absolute Gasteiger partial charge is 0.493 e. The van der Waals surface area contributed by atoms with E-state index < -0.39 is 4.84 Å². The van der Waals surface area contributed by atoms with Gasteiger partial charge in [-0.3, -0.25) is 0 Å². The Labute approximate surface area is 188 Å². The molecule has 0 amide bonds. The molecule has 0 aliphatic rings. The number of hydrogen-bond donors (Lipinski definition) is 0. The molecule has 9 heteroatoms. The number of hydrogen-bond acceptors (Lipinski definition) is 5. The lowest BCUT2D eigenvalue weighted by Crippen LogP contribution is -2.06. The van der Waals surface area contributed by atoms with Crippen LogP contribution in [0.4, 0.5) is 0 Å². The zero-order chi connectivity index (χ0) is 20.8. The second-order valence-electron chi connectivity index (χ2n) is 6.16. The Hall–Kier alpha value is -1.53. The fraction of sp³-hybridized carbons (Fsp3) is 0.350. The van der Waals surface area contributed by atoms with E-state index in [0.29, 0.717) is 71.4 Å². The molecule has 1 aromatic heterocycles. The van der Waals surface area contributed by atoms with Crippen LogP contribution < -0.4 is 14.2 Å². The van der Waals surface area contributed by atoms with Gasteiger partial charge in [-0.05, 0) is 12.1 Å². The Morgan fingerprint density at radius 3 is 2.34 bits per heavy atom. The minimum absolute atomic E-state index is 0.362. The summed E-state index contributed by atoms with van der Waals surface area (Å²) < 4.78 is 22.5. The Morgan fingerprint density at radius 1 is 0.931 bits per heavy atom. The minimum Gasteiger partial charge on any atom is -0.493 e. The van der Waals surface area contributed by atoms with Gasteiger partial charge in [0.15, 0.2) is 17.2 Å². The molecule has 29 heavy (non-hydrogen) atoms. The number of benzene rings is 2. The monoisotopic (exact) mass is 477 g/mol. The van der Waals surface area contributed by atoms with E-state index in [1.165, 1.54) is 0 Å². The number of halogens is 4. The van der Waals surface area contributed by atoms with E-state index in [0.717, 1.165) is 5.52 Å². The molecule has 0 fully saturated rings. The molecule has 0 unspecified atom stereocenters. The van der Waals surface area contributed by atoms with Crippen LogP contribution in [0.5, 0.6) is 17.2 Å². The van der Waals surface area contributed by atoms with Gasteiger partial charge in [-0.15, -0.1) is 23.2 Å². The van der Waals surface area contributed by atoms with Gasteiger partial charge in [0, 0.05) is 38.0 Å². The molecule has 2 aromatic carbocycles. The van der Waals surface area contributed by atoms with E-state index >= 15 is 0 Å². The zero-order valence-electron chi connectivity index (χ0n) is 15.6. The first-order valence-electron chi connectivity index (χ1n) is 8.95. The molecule has 3 rings (SSSR count). The van der Waals surface area contributed by atoms with Crippen LogP contribution >= 0.6 is 46.4 Å². The molecule has 0 aliphatic carbocycles. The van der Waals surface area contributed by atoms with Gasteiger partial charge in [0.1, 0.15) is 21.9 Å². The van der Waals surface area contributed by atoms with Crippen molar-refractivity contribution < 1.29 is 18.6 Å². The highest BCUT2D eigenvalue weighted by molar-refractivity contribution is 6.44. The van der Waals surface area contributed by atoms with Gasteiger partial charge >= 0.3 is 0 Å². The molecule has 0 bridgehead atoms. The number of aromatic nitrogens is 1. The number of nitrogens with zero attached hydrogens (tertiary/aromatic N) is 1. The molecular weight excluding hydrogens is 460 g/mol. The second-order valence-corrected chi connectivity index (χ2v) is 8.25. The van der Waals surface area contributed by atoms with E-state index in [4.69, 9.17) is 65.0 Å². The number of rotatable bonds is 10. The lowest BCUT2D eigenvalue weighted by Gasteiger charge is -2.13. The molecule has 0 saturated carbocycles. The first-order chi connectivity index (χ1) is 13.9. The quantitative estimate of drug-likeness (QED) is 0.235. The van der Waals surface area contributed by atoms with Crippen LogP contribution in [0.15, 0.2) is 34.7 Å². The third-order valence-corrected chi connectivity index (χ3v) is 4.85. The van der Waals surface area contributed by atoms with E-state index in [1.54, 1.807) is 12.1 Å². The van der Waals surface area contributed by atoms with Gasteiger partial charge in [0.25, 0.3) is 0 Å². The summed E-state index contributed by atoms with van der Waals surface area (Å²) in [6.45, 7) is 3.03. The first kappa shape index (κ1) is 22.2. The van der Waals surface area contributed by atoms with Crippen molar-refractivity contribution in [1.82, 2.24) is 4.98 Å². The maximum atomic E-state index is 6.25. The van der Waals surface area contributed by atoms with Crippen LogP contribution in [0.25, 0.3) is 11.1 Å². The zero-order valence-corrected chi connectivity index (χ0v) is 18.6. The Kier molecular flexibility index (Phi) is 8.01. The standard InChI is InChI=1S/C20H19Cl4NO4/c1-12-25-17-4-3-13(11-18(17)29-12)26-6-2-7-28-20-15(21)9-14(10-16(20)22)27-8-5-19(23)24/h3-4,9-11,19H,2,5-8H2,1H3. The summed E-state index contributed by atoms with van der Waals surface area (Å²) in [7, 11) is 0. The lowest BCUT2D eigenvalue weighted by atomic mass is 10.3. The van der Waals surface area contributed by atoms with E-state index in [-0.39, 0.29) is 0 Å². The smallest absolute Gasteiger partial charge is 0.192 e. The van der Waals surface area contributed by atoms with E-state index in [1.807, 2.05) is 25.1 Å². The maximum Gasteiger partial charge on any atom is 0.192 e. The Morgan fingerprint density at radius 2 is 1.62 bits per heavy atom. The van der Waals surface area contributed by atoms with Gasteiger partial charge < -0.3 is 18.6 Å². The molecule has 0 atom stereocenters. The molecule has 0 radical (unpaired) electrons. The number of ether oxygens (including phenoxy) is 3. The third kappa shape index (κ3) is 6.48. The van der Waals surface area contributed by atoms with Gasteiger partial charge in [-0.1, -0.05) is 23.2 Å². The van der Waals surface area contributed by atoms with Crippen molar-refractivity contribution in [3.8, 4) is 17.2 Å². The van der Waals surface area contributed by atoms with Crippen LogP contribution in [-0.4, -0.2) is 29.6 Å². The average molecular weight is 479 g/mol. The maximum absolute atomic E-state index is 6.25. The number of oxazole rings is 1. The van der Waals surface area contributed by atoms with Crippen LogP contribution in [0.3, 0.4) is 0 Å². The van der Waals surface area contributed by atoms with Crippen LogP contribution in [0.2, 0.25) is 10.0 Å². The highest BCUT2D eigenvalue weighted by atomic mass is 35.5. The molecule has 156 valence electrons. The Bertz CT molecular complexity index is 938. The van der Waals surface area contributed by atoms with Crippen LogP contribution in [-0.2, 0) is 0 Å². The fourth-order valence-corrected chi connectivity index (χ4v) is 3.31. The molecule has 1 heterocycles. The summed E-state index contributed by atoms with van der Waals surface area (Å²) in [6.07, 6.45) is 1.14. The topological polar surface area (TPSA) is 53.7 Å². The second kappa shape index (κ2) is 10.5. The van der Waals surface area contributed by atoms with Crippen molar-refractivity contribution in [1.29, 1.82) is 0 Å². The highest BCUT2D eigenvalue weighted by Gasteiger charge is 2.11. The molecular formula is C20H19Cl4NO4. The molecule has 0 spiro atoms. The van der Waals surface area contributed by atoms with Crippen molar-refractivity contribution in [3.05, 3.63) is 46.3 Å². The summed E-state index contributed by atoms with van der Waals surface area (Å²) in [5.74, 6) is 2.27. The normalized spacial score (nSPS) is 11.2. The molecule has 0 N–H and O–H groups in total. The van der Waals surface area contributed by atoms with Gasteiger partial charge in [0.2, 0.25) is 0 Å². The highest BCUT2D eigenvalue weighted by Crippen LogP contribution is 2.37. The summed E-state index contributed by atoms with van der Waals surface area (Å²) in [5, 5.41) is 0.737. The molecule has 5 nitrogen and oxygen atoms in total. The van der Waals surface area contributed by atoms with Crippen LogP contribution in [0.1, 0.15) is 18.7 Å². The van der Waals surface area contributed by atoms with Crippen LogP contribution in [0, 0.1) is 6.92 Å². The minimum atomic E-state index is -0.479. The van der Waals surface area contributed by atoms with Gasteiger partial charge in [-0.2, -0.15) is 0 Å². The fourth-order valence-electron chi connectivity index (χ4n) is 2.56. The average Bonchev–Trinajstić information content (AvgIpc) is 3.02. The summed E-state index contributed by atoms with van der Waals surface area (Å²) in [6, 6.07) is 8.82.